The van der Waals surface area contributed by atoms with Gasteiger partial charge < -0.3 is 5.73 Å². The van der Waals surface area contributed by atoms with Crippen LogP contribution in [0.25, 0.3) is 0 Å². The molecule has 90 valence electrons. The van der Waals surface area contributed by atoms with Gasteiger partial charge in [0.25, 0.3) is 0 Å². The quantitative estimate of drug-likeness (QED) is 0.865. The average molecular weight is 321 g/mol. The third-order valence-corrected chi connectivity index (χ3v) is 4.86. The SMILES string of the molecule is N#Cc1c(N)cccc1[S@@](=O)c1ccccc1Br. The number of nitrogens with zero attached hydrogens (tertiary/aromatic N) is 1. The zero-order chi connectivity index (χ0) is 13.1. The van der Waals surface area contributed by atoms with Gasteiger partial charge >= 0.3 is 0 Å². The maximum absolute atomic E-state index is 12.5. The van der Waals surface area contributed by atoms with Gasteiger partial charge in [-0.05, 0) is 40.2 Å². The number of nitriles is 1. The summed E-state index contributed by atoms with van der Waals surface area (Å²) < 4.78 is 13.2. The van der Waals surface area contributed by atoms with Gasteiger partial charge in [-0.25, -0.2) is 4.21 Å². The van der Waals surface area contributed by atoms with E-state index in [1.54, 1.807) is 30.3 Å². The molecule has 2 aromatic carbocycles. The first kappa shape index (κ1) is 12.8. The molecule has 3 nitrogen and oxygen atoms in total. The first-order valence-corrected chi connectivity index (χ1v) is 7.04. The molecule has 0 spiro atoms. The molecule has 0 aliphatic rings. The van der Waals surface area contributed by atoms with Gasteiger partial charge in [-0.3, -0.25) is 0 Å². The second-order valence-electron chi connectivity index (χ2n) is 3.53. The van der Waals surface area contributed by atoms with Crippen LogP contribution in [0.5, 0.6) is 0 Å². The predicted octanol–water partition coefficient (Wildman–Crippen LogP) is 3.07. The lowest BCUT2D eigenvalue weighted by Crippen LogP contribution is -2.00. The Morgan fingerprint density at radius 3 is 2.44 bits per heavy atom. The van der Waals surface area contributed by atoms with Gasteiger partial charge in [-0.15, -0.1) is 0 Å². The minimum atomic E-state index is -1.43. The van der Waals surface area contributed by atoms with Crippen molar-refractivity contribution in [2.75, 3.05) is 5.73 Å². The van der Waals surface area contributed by atoms with Gasteiger partial charge in [0.2, 0.25) is 0 Å². The molecule has 0 aromatic heterocycles. The summed E-state index contributed by atoms with van der Waals surface area (Å²) in [6.07, 6.45) is 0. The van der Waals surface area contributed by atoms with Crippen molar-refractivity contribution in [1.29, 1.82) is 5.26 Å². The van der Waals surface area contributed by atoms with Crippen LogP contribution in [0.2, 0.25) is 0 Å². The summed E-state index contributed by atoms with van der Waals surface area (Å²) in [6.45, 7) is 0. The van der Waals surface area contributed by atoms with E-state index in [1.807, 2.05) is 18.2 Å². The van der Waals surface area contributed by atoms with E-state index in [0.29, 0.717) is 15.5 Å². The van der Waals surface area contributed by atoms with Crippen molar-refractivity contribution in [3.8, 4) is 6.07 Å². The fraction of sp³-hybridized carbons (Fsp3) is 0. The van der Waals surface area contributed by atoms with Crippen molar-refractivity contribution < 1.29 is 4.21 Å². The van der Waals surface area contributed by atoms with Crippen LogP contribution in [0.4, 0.5) is 5.69 Å². The van der Waals surface area contributed by atoms with E-state index >= 15 is 0 Å². The summed E-state index contributed by atoms with van der Waals surface area (Å²) >= 11 is 3.35. The number of nitrogens with two attached hydrogens (primary N) is 1. The molecule has 0 saturated carbocycles. The summed E-state index contributed by atoms with van der Waals surface area (Å²) in [7, 11) is -1.43. The van der Waals surface area contributed by atoms with Crippen LogP contribution < -0.4 is 5.73 Å². The van der Waals surface area contributed by atoms with E-state index < -0.39 is 10.8 Å². The van der Waals surface area contributed by atoms with Crippen molar-refractivity contribution in [3.63, 3.8) is 0 Å². The van der Waals surface area contributed by atoms with Crippen LogP contribution in [0, 0.1) is 11.3 Å². The molecular formula is C13H9BrN2OS. The highest BCUT2D eigenvalue weighted by Gasteiger charge is 2.15. The largest absolute Gasteiger partial charge is 0.398 e. The smallest absolute Gasteiger partial charge is 0.103 e. The predicted molar refractivity (Wildman–Crippen MR) is 74.4 cm³/mol. The second-order valence-corrected chi connectivity index (χ2v) is 5.80. The van der Waals surface area contributed by atoms with Crippen LogP contribution in [-0.4, -0.2) is 4.21 Å². The van der Waals surface area contributed by atoms with Crippen LogP contribution in [0.1, 0.15) is 5.56 Å². The van der Waals surface area contributed by atoms with E-state index in [1.165, 1.54) is 0 Å². The molecule has 0 amide bonds. The van der Waals surface area contributed by atoms with Crippen molar-refractivity contribution in [2.45, 2.75) is 9.79 Å². The Morgan fingerprint density at radius 2 is 1.78 bits per heavy atom. The summed E-state index contributed by atoms with van der Waals surface area (Å²) in [6, 6.07) is 14.2. The molecule has 0 radical (unpaired) electrons. The minimum Gasteiger partial charge on any atom is -0.398 e. The second kappa shape index (κ2) is 5.34. The van der Waals surface area contributed by atoms with E-state index in [-0.39, 0.29) is 5.56 Å². The van der Waals surface area contributed by atoms with Crippen molar-refractivity contribution in [1.82, 2.24) is 0 Å². The number of hydrogen-bond donors (Lipinski definition) is 1. The summed E-state index contributed by atoms with van der Waals surface area (Å²) in [5.41, 5.74) is 6.33. The Bertz CT molecular complexity index is 664. The van der Waals surface area contributed by atoms with Crippen molar-refractivity contribution in [2.24, 2.45) is 0 Å². The topological polar surface area (TPSA) is 66.9 Å². The Morgan fingerprint density at radius 1 is 1.11 bits per heavy atom. The van der Waals surface area contributed by atoms with E-state index in [2.05, 4.69) is 15.9 Å². The molecule has 5 heteroatoms. The lowest BCUT2D eigenvalue weighted by atomic mass is 10.2. The van der Waals surface area contributed by atoms with E-state index in [4.69, 9.17) is 11.0 Å². The first-order valence-electron chi connectivity index (χ1n) is 5.10. The Labute approximate surface area is 116 Å². The third kappa shape index (κ3) is 2.30. The van der Waals surface area contributed by atoms with Gasteiger partial charge in [0.05, 0.1) is 31.8 Å². The molecule has 0 heterocycles. The van der Waals surface area contributed by atoms with Gasteiger partial charge in [0, 0.05) is 4.47 Å². The lowest BCUT2D eigenvalue weighted by Gasteiger charge is -2.07. The van der Waals surface area contributed by atoms with Crippen LogP contribution in [-0.2, 0) is 10.8 Å². The molecule has 18 heavy (non-hydrogen) atoms. The highest BCUT2D eigenvalue weighted by molar-refractivity contribution is 9.10. The molecule has 0 aliphatic carbocycles. The Kier molecular flexibility index (Phi) is 3.80. The van der Waals surface area contributed by atoms with E-state index in [0.717, 1.165) is 4.47 Å². The fourth-order valence-electron chi connectivity index (χ4n) is 1.54. The normalized spacial score (nSPS) is 11.8. The molecule has 2 N–H and O–H groups in total. The van der Waals surface area contributed by atoms with Crippen molar-refractivity contribution in [3.05, 3.63) is 52.5 Å². The highest BCUT2D eigenvalue weighted by atomic mass is 79.9. The monoisotopic (exact) mass is 320 g/mol. The standard InChI is InChI=1S/C13H9BrN2OS/c14-10-4-1-2-6-13(10)18(17)12-7-3-5-11(16)9(12)8-15/h1-7H,16H2/t18-/m1/s1. The Hall–Kier alpha value is -1.64. The number of halogens is 1. The molecule has 0 bridgehead atoms. The number of benzene rings is 2. The van der Waals surface area contributed by atoms with Crippen LogP contribution in [0.3, 0.4) is 0 Å². The molecule has 0 aliphatic heterocycles. The molecule has 2 aromatic rings. The maximum Gasteiger partial charge on any atom is 0.103 e. The zero-order valence-corrected chi connectivity index (χ0v) is 11.7. The number of nitrogen functional groups attached to an aromatic ring is 1. The zero-order valence-electron chi connectivity index (χ0n) is 9.26. The van der Waals surface area contributed by atoms with Gasteiger partial charge in [0.1, 0.15) is 6.07 Å². The molecule has 0 fully saturated rings. The van der Waals surface area contributed by atoms with Crippen LogP contribution in [0.15, 0.2) is 56.7 Å². The molecule has 0 saturated heterocycles. The summed E-state index contributed by atoms with van der Waals surface area (Å²) in [5.74, 6) is 0. The van der Waals surface area contributed by atoms with Gasteiger partial charge in [-0.1, -0.05) is 18.2 Å². The maximum atomic E-state index is 12.5. The Balaban J connectivity index is 2.58. The van der Waals surface area contributed by atoms with Crippen LogP contribution >= 0.6 is 15.9 Å². The number of hydrogen-bond acceptors (Lipinski definition) is 3. The molecule has 0 unspecified atom stereocenters. The molecule has 1 atom stereocenters. The minimum absolute atomic E-state index is 0.270. The van der Waals surface area contributed by atoms with Crippen molar-refractivity contribution >= 4 is 32.4 Å². The summed E-state index contributed by atoms with van der Waals surface area (Å²) in [5, 5.41) is 9.09. The van der Waals surface area contributed by atoms with E-state index in [9.17, 15) is 4.21 Å². The highest BCUT2D eigenvalue weighted by Crippen LogP contribution is 2.28. The molecular weight excluding hydrogens is 312 g/mol. The first-order chi connectivity index (χ1) is 8.65. The third-order valence-electron chi connectivity index (χ3n) is 2.41. The fourth-order valence-corrected chi connectivity index (χ4v) is 3.50. The lowest BCUT2D eigenvalue weighted by molar-refractivity contribution is 0.682. The van der Waals surface area contributed by atoms with Gasteiger partial charge in [0.15, 0.2) is 0 Å². The molecule has 2 rings (SSSR count). The van der Waals surface area contributed by atoms with Gasteiger partial charge in [-0.2, -0.15) is 5.26 Å². The summed E-state index contributed by atoms with van der Waals surface area (Å²) in [4.78, 5) is 1.06. The number of anilines is 1. The average Bonchev–Trinajstić information content (AvgIpc) is 2.38. The number of rotatable bonds is 2.